The quantitative estimate of drug-likeness (QED) is 0.356. The van der Waals surface area contributed by atoms with Gasteiger partial charge in [-0.25, -0.2) is 0 Å². The van der Waals surface area contributed by atoms with Crippen LogP contribution < -0.4 is 5.32 Å². The fraction of sp³-hybridized carbons (Fsp3) is 0. The molecule has 1 saturated heterocycles. The van der Waals surface area contributed by atoms with E-state index in [9.17, 15) is 25.0 Å². The number of hydrogen-bond acceptors (Lipinski definition) is 8. The van der Waals surface area contributed by atoms with Crippen LogP contribution in [0.1, 0.15) is 11.1 Å². The van der Waals surface area contributed by atoms with Crippen molar-refractivity contribution in [2.45, 2.75) is 0 Å². The number of amidine groups is 1. The standard InChI is InChI=1S/C17H11N5O5S/c23-16-15(9-11-4-6-13(7-5-11)21(24)25)28-17(19-16)20-18-10-12-2-1-3-14(8-12)22(26)27/h1-10H,(H,19,20,23)/b15-9-,18-10?. The van der Waals surface area contributed by atoms with Crippen molar-refractivity contribution in [2.75, 3.05) is 0 Å². The summed E-state index contributed by atoms with van der Waals surface area (Å²) in [4.78, 5) is 32.8. The fourth-order valence-electron chi connectivity index (χ4n) is 2.19. The average molecular weight is 397 g/mol. The Balaban J connectivity index is 1.70. The van der Waals surface area contributed by atoms with Gasteiger partial charge in [0, 0.05) is 29.8 Å². The Bertz CT molecular complexity index is 1050. The fourth-order valence-corrected chi connectivity index (χ4v) is 2.96. The molecule has 10 nitrogen and oxygen atoms in total. The first-order chi connectivity index (χ1) is 13.4. The minimum atomic E-state index is -0.508. The number of rotatable bonds is 5. The van der Waals surface area contributed by atoms with E-state index >= 15 is 0 Å². The summed E-state index contributed by atoms with van der Waals surface area (Å²) in [7, 11) is 0. The maximum atomic E-state index is 12.0. The van der Waals surface area contributed by atoms with Crippen molar-refractivity contribution in [2.24, 2.45) is 10.2 Å². The Hall–Kier alpha value is -3.86. The monoisotopic (exact) mass is 397 g/mol. The van der Waals surface area contributed by atoms with Gasteiger partial charge in [0.25, 0.3) is 17.3 Å². The molecule has 0 spiro atoms. The van der Waals surface area contributed by atoms with E-state index in [1.54, 1.807) is 12.1 Å². The molecular formula is C17H11N5O5S. The van der Waals surface area contributed by atoms with Crippen LogP contribution in [0.4, 0.5) is 11.4 Å². The van der Waals surface area contributed by atoms with E-state index in [1.807, 2.05) is 0 Å². The molecule has 0 atom stereocenters. The Morgan fingerprint density at radius 2 is 1.68 bits per heavy atom. The molecule has 2 aromatic rings. The van der Waals surface area contributed by atoms with Crippen LogP contribution >= 0.6 is 11.8 Å². The zero-order valence-electron chi connectivity index (χ0n) is 14.0. The minimum absolute atomic E-state index is 0.0385. The Morgan fingerprint density at radius 3 is 2.36 bits per heavy atom. The van der Waals surface area contributed by atoms with Gasteiger partial charge in [0.2, 0.25) is 0 Å². The zero-order valence-corrected chi connectivity index (χ0v) is 14.8. The average Bonchev–Trinajstić information content (AvgIpc) is 3.01. The summed E-state index contributed by atoms with van der Waals surface area (Å²) in [6, 6.07) is 11.7. The highest BCUT2D eigenvalue weighted by Gasteiger charge is 2.23. The summed E-state index contributed by atoms with van der Waals surface area (Å²) in [5, 5.41) is 31.9. The van der Waals surface area contributed by atoms with Crippen molar-refractivity contribution in [3.63, 3.8) is 0 Å². The SMILES string of the molecule is O=C1NC(=NN=Cc2cccc([N+](=O)[O-])c2)S/C1=C\c1ccc([N+](=O)[O-])cc1. The molecule has 0 unspecified atom stereocenters. The number of nitro benzene ring substituents is 2. The van der Waals surface area contributed by atoms with E-state index in [0.29, 0.717) is 16.0 Å². The number of carbonyl (C=O) groups is 1. The van der Waals surface area contributed by atoms with E-state index in [0.717, 1.165) is 11.8 Å². The number of amides is 1. The van der Waals surface area contributed by atoms with Gasteiger partial charge in [-0.05, 0) is 35.5 Å². The summed E-state index contributed by atoms with van der Waals surface area (Å²) in [5.74, 6) is -0.368. The molecule has 1 N–H and O–H groups in total. The molecular weight excluding hydrogens is 386 g/mol. The predicted molar refractivity (Wildman–Crippen MR) is 105 cm³/mol. The number of hydrogen-bond donors (Lipinski definition) is 1. The molecule has 3 rings (SSSR count). The van der Waals surface area contributed by atoms with Crippen molar-refractivity contribution in [3.8, 4) is 0 Å². The molecule has 1 amide bonds. The highest BCUT2D eigenvalue weighted by Crippen LogP contribution is 2.26. The first kappa shape index (κ1) is 18.9. The number of carbonyl (C=O) groups excluding carboxylic acids is 1. The molecule has 1 heterocycles. The van der Waals surface area contributed by atoms with Crippen molar-refractivity contribution in [1.82, 2.24) is 5.32 Å². The molecule has 1 aliphatic rings. The number of nitrogens with one attached hydrogen (secondary N) is 1. The van der Waals surface area contributed by atoms with Gasteiger partial charge in [-0.2, -0.15) is 5.10 Å². The van der Waals surface area contributed by atoms with E-state index in [4.69, 9.17) is 0 Å². The van der Waals surface area contributed by atoms with Gasteiger partial charge in [0.05, 0.1) is 21.0 Å². The lowest BCUT2D eigenvalue weighted by atomic mass is 10.2. The third-order valence-electron chi connectivity index (χ3n) is 3.49. The summed E-state index contributed by atoms with van der Waals surface area (Å²) in [6.07, 6.45) is 2.92. The third kappa shape index (κ3) is 4.65. The van der Waals surface area contributed by atoms with Crippen molar-refractivity contribution >= 4 is 46.5 Å². The molecule has 2 aromatic carbocycles. The normalized spacial score (nSPS) is 16.6. The summed E-state index contributed by atoms with van der Waals surface area (Å²) >= 11 is 1.06. The van der Waals surface area contributed by atoms with Gasteiger partial charge in [-0.1, -0.05) is 12.1 Å². The van der Waals surface area contributed by atoms with E-state index in [2.05, 4.69) is 15.5 Å². The maximum Gasteiger partial charge on any atom is 0.270 e. The molecule has 0 aromatic heterocycles. The van der Waals surface area contributed by atoms with Crippen LogP contribution in [-0.2, 0) is 4.79 Å². The lowest BCUT2D eigenvalue weighted by Crippen LogP contribution is -2.19. The van der Waals surface area contributed by atoms with Gasteiger partial charge in [0.15, 0.2) is 5.17 Å². The van der Waals surface area contributed by atoms with E-state index < -0.39 is 9.85 Å². The number of nitro groups is 2. The largest absolute Gasteiger partial charge is 0.299 e. The Kier molecular flexibility index (Phi) is 5.56. The molecule has 11 heteroatoms. The molecule has 1 fully saturated rings. The van der Waals surface area contributed by atoms with Crippen LogP contribution in [-0.4, -0.2) is 27.1 Å². The Morgan fingerprint density at radius 1 is 0.964 bits per heavy atom. The molecule has 28 heavy (non-hydrogen) atoms. The predicted octanol–water partition coefficient (Wildman–Crippen LogP) is 3.10. The number of benzene rings is 2. The summed E-state index contributed by atoms with van der Waals surface area (Å²) in [6.45, 7) is 0. The van der Waals surface area contributed by atoms with Crippen LogP contribution in [0.2, 0.25) is 0 Å². The molecule has 0 saturated carbocycles. The minimum Gasteiger partial charge on any atom is -0.299 e. The van der Waals surface area contributed by atoms with Crippen molar-refractivity contribution in [1.29, 1.82) is 0 Å². The van der Waals surface area contributed by atoms with Crippen molar-refractivity contribution in [3.05, 3.63) is 84.8 Å². The van der Waals surface area contributed by atoms with Crippen LogP contribution in [0.3, 0.4) is 0 Å². The topological polar surface area (TPSA) is 140 Å². The van der Waals surface area contributed by atoms with Crippen LogP contribution in [0.5, 0.6) is 0 Å². The second-order valence-corrected chi connectivity index (χ2v) is 6.45. The van der Waals surface area contributed by atoms with Crippen LogP contribution in [0.15, 0.2) is 63.6 Å². The lowest BCUT2D eigenvalue weighted by molar-refractivity contribution is -0.385. The number of thioether (sulfide) groups is 1. The second-order valence-electron chi connectivity index (χ2n) is 5.42. The number of non-ortho nitro benzene ring substituents is 2. The lowest BCUT2D eigenvalue weighted by Gasteiger charge is -1.95. The first-order valence-corrected chi connectivity index (χ1v) is 8.55. The third-order valence-corrected chi connectivity index (χ3v) is 4.39. The van der Waals surface area contributed by atoms with E-state index in [-0.39, 0.29) is 22.4 Å². The van der Waals surface area contributed by atoms with Crippen LogP contribution in [0, 0.1) is 20.2 Å². The highest BCUT2D eigenvalue weighted by molar-refractivity contribution is 8.18. The molecule has 0 aliphatic carbocycles. The zero-order chi connectivity index (χ0) is 20.1. The van der Waals surface area contributed by atoms with Gasteiger partial charge in [0.1, 0.15) is 0 Å². The van der Waals surface area contributed by atoms with Crippen molar-refractivity contribution < 1.29 is 14.6 Å². The van der Waals surface area contributed by atoms with Gasteiger partial charge in [-0.3, -0.25) is 30.3 Å². The van der Waals surface area contributed by atoms with Gasteiger partial charge < -0.3 is 0 Å². The molecule has 140 valence electrons. The molecule has 0 radical (unpaired) electrons. The molecule has 1 aliphatic heterocycles. The summed E-state index contributed by atoms with van der Waals surface area (Å²) < 4.78 is 0. The van der Waals surface area contributed by atoms with Gasteiger partial charge in [-0.15, -0.1) is 5.10 Å². The Labute approximate surface area is 162 Å². The smallest absolute Gasteiger partial charge is 0.270 e. The first-order valence-electron chi connectivity index (χ1n) is 7.73. The summed E-state index contributed by atoms with van der Waals surface area (Å²) in [5.41, 5.74) is 1.02. The van der Waals surface area contributed by atoms with E-state index in [1.165, 1.54) is 48.7 Å². The number of nitrogens with zero attached hydrogens (tertiary/aromatic N) is 4. The highest BCUT2D eigenvalue weighted by atomic mass is 32.2. The van der Waals surface area contributed by atoms with Gasteiger partial charge >= 0.3 is 0 Å². The molecule has 0 bridgehead atoms. The maximum absolute atomic E-state index is 12.0. The van der Waals surface area contributed by atoms with Crippen LogP contribution in [0.25, 0.3) is 6.08 Å². The second kappa shape index (κ2) is 8.22.